The first kappa shape index (κ1) is 55.2. The van der Waals surface area contributed by atoms with Crippen LogP contribution < -0.4 is 0 Å². The van der Waals surface area contributed by atoms with Crippen LogP contribution in [0.15, 0.2) is 37.4 Å². The molecule has 0 atom stereocenters. The fourth-order valence-electron chi connectivity index (χ4n) is 0.883. The highest BCUT2D eigenvalue weighted by molar-refractivity contribution is 5.63. The molecule has 0 unspecified atom stereocenters. The summed E-state index contributed by atoms with van der Waals surface area (Å²) in [4.78, 5) is 0. The molecule has 0 aromatic heterocycles. The molecule has 0 amide bonds. The lowest BCUT2D eigenvalue weighted by Crippen LogP contribution is -1.76. The molecule has 114 valence electrons. The van der Waals surface area contributed by atoms with Gasteiger partial charge in [-0.2, -0.15) is 0 Å². The third-order valence-corrected chi connectivity index (χ3v) is 1.44. The number of hydrogen-bond donors (Lipinski definition) is 0. The van der Waals surface area contributed by atoms with Crippen molar-refractivity contribution in [3.05, 3.63) is 48.6 Å². The molecule has 0 aliphatic heterocycles. The Labute approximate surface area is 105 Å². The topological polar surface area (TPSA) is 252 Å². The zero-order valence-corrected chi connectivity index (χ0v) is 9.88. The molecule has 0 aliphatic rings. The molecule has 0 saturated heterocycles. The van der Waals surface area contributed by atoms with Crippen LogP contribution in [-0.4, -0.2) is 43.8 Å². The largest absolute Gasteiger partial charge is 0.412 e. The Morgan fingerprint density at radius 3 is 0.944 bits per heavy atom. The maximum Gasteiger partial charge on any atom is -0.0190 e. The van der Waals surface area contributed by atoms with E-state index in [-0.39, 0.29) is 43.8 Å². The molecule has 0 heterocycles. The molecule has 8 nitrogen and oxygen atoms in total. The van der Waals surface area contributed by atoms with E-state index in [2.05, 4.69) is 13.2 Å². The second-order valence-electron chi connectivity index (χ2n) is 2.04. The third kappa shape index (κ3) is 14.4. The van der Waals surface area contributed by atoms with Gasteiger partial charge in [0.15, 0.2) is 0 Å². The maximum absolute atomic E-state index is 3.69. The molecule has 18 heavy (non-hydrogen) atoms. The summed E-state index contributed by atoms with van der Waals surface area (Å²) in [5, 5.41) is 0. The van der Waals surface area contributed by atoms with Gasteiger partial charge in [0.2, 0.25) is 0 Å². The fraction of sp³-hybridized carbons (Fsp3) is 0. The Kier molecular flexibility index (Phi) is 90.5. The third-order valence-electron chi connectivity index (χ3n) is 1.44. The van der Waals surface area contributed by atoms with Crippen LogP contribution in [0.25, 0.3) is 12.2 Å². The smallest absolute Gasteiger partial charge is 0.0190 e. The molecule has 0 bridgehead atoms. The first-order valence-corrected chi connectivity index (χ1v) is 3.22. The van der Waals surface area contributed by atoms with E-state index in [1.165, 1.54) is 0 Å². The Morgan fingerprint density at radius 2 is 0.778 bits per heavy atom. The molecule has 0 radical (unpaired) electrons. The van der Waals surface area contributed by atoms with Crippen LogP contribution in [-0.2, 0) is 0 Å². The number of benzene rings is 1. The van der Waals surface area contributed by atoms with Crippen LogP contribution in [0.1, 0.15) is 11.1 Å². The highest BCUT2D eigenvalue weighted by Gasteiger charge is 1.89. The van der Waals surface area contributed by atoms with Crippen molar-refractivity contribution < 1.29 is 43.8 Å². The molecule has 0 saturated carbocycles. The molecule has 8 heteroatoms. The van der Waals surface area contributed by atoms with Gasteiger partial charge in [-0.05, 0) is 11.1 Å². The first-order chi connectivity index (χ1) is 4.88. The summed E-state index contributed by atoms with van der Waals surface area (Å²) in [6.45, 7) is 7.38. The zero-order valence-electron chi connectivity index (χ0n) is 9.88. The lowest BCUT2D eigenvalue weighted by molar-refractivity contribution is 0.823. The van der Waals surface area contributed by atoms with Crippen molar-refractivity contribution in [3.8, 4) is 0 Å². The molecule has 1 aromatic carbocycles. The lowest BCUT2D eigenvalue weighted by atomic mass is 10.1. The summed E-state index contributed by atoms with van der Waals surface area (Å²) in [5.74, 6) is 0. The summed E-state index contributed by atoms with van der Waals surface area (Å²) >= 11 is 0. The lowest BCUT2D eigenvalue weighted by Gasteiger charge is -1.96. The van der Waals surface area contributed by atoms with E-state index in [1.54, 1.807) is 0 Å². The van der Waals surface area contributed by atoms with Crippen molar-refractivity contribution in [2.45, 2.75) is 0 Å². The van der Waals surface area contributed by atoms with Gasteiger partial charge < -0.3 is 43.8 Å². The molecule has 1 rings (SSSR count). The van der Waals surface area contributed by atoms with Gasteiger partial charge in [-0.3, -0.25) is 0 Å². The monoisotopic (exact) mass is 274 g/mol. The normalized spacial score (nSPS) is 4.89. The van der Waals surface area contributed by atoms with Crippen molar-refractivity contribution in [2.24, 2.45) is 0 Å². The van der Waals surface area contributed by atoms with Crippen molar-refractivity contribution in [3.63, 3.8) is 0 Å². The van der Waals surface area contributed by atoms with Gasteiger partial charge in [0.25, 0.3) is 0 Å². The van der Waals surface area contributed by atoms with Crippen LogP contribution in [0, 0.1) is 0 Å². The highest BCUT2D eigenvalue weighted by atomic mass is 16.0. The molecule has 1 aromatic rings. The predicted molar refractivity (Wildman–Crippen MR) is 75.5 cm³/mol. The highest BCUT2D eigenvalue weighted by Crippen LogP contribution is 2.10. The van der Waals surface area contributed by atoms with Gasteiger partial charge in [0.05, 0.1) is 0 Å². The van der Waals surface area contributed by atoms with Crippen molar-refractivity contribution in [2.75, 3.05) is 0 Å². The van der Waals surface area contributed by atoms with Gasteiger partial charge >= 0.3 is 0 Å². The van der Waals surface area contributed by atoms with E-state index in [9.17, 15) is 0 Å². The van der Waals surface area contributed by atoms with Gasteiger partial charge in [0.1, 0.15) is 0 Å². The zero-order chi connectivity index (χ0) is 7.40. The van der Waals surface area contributed by atoms with E-state index in [0.717, 1.165) is 11.1 Å². The Hall–Kier alpha value is -1.62. The number of rotatable bonds is 2. The second kappa shape index (κ2) is 29.5. The summed E-state index contributed by atoms with van der Waals surface area (Å²) in [6, 6.07) is 8.02. The van der Waals surface area contributed by atoms with Crippen LogP contribution in [0.2, 0.25) is 0 Å². The molecule has 0 fully saturated rings. The Bertz CT molecular complexity index is 237. The number of hydrogen-bond acceptors (Lipinski definition) is 0. The minimum Gasteiger partial charge on any atom is -0.412 e. The van der Waals surface area contributed by atoms with Gasteiger partial charge in [0, 0.05) is 0 Å². The fourth-order valence-corrected chi connectivity index (χ4v) is 0.883. The standard InChI is InChI=1S/C10H10.8H2O/c1-3-9-7-5-6-8-10(9)4-2;;;;;;;;/h3-8H,1-2H2;8*1H2. The van der Waals surface area contributed by atoms with Crippen molar-refractivity contribution in [1.29, 1.82) is 0 Å². The molecule has 0 spiro atoms. The Balaban J connectivity index is -0.0000000208. The average Bonchev–Trinajstić information content (AvgIpc) is 2.04. The van der Waals surface area contributed by atoms with E-state index >= 15 is 0 Å². The average molecular weight is 274 g/mol. The summed E-state index contributed by atoms with van der Waals surface area (Å²) < 4.78 is 0. The molecule has 0 aliphatic carbocycles. The molecular weight excluding hydrogens is 248 g/mol. The predicted octanol–water partition coefficient (Wildman–Crippen LogP) is -3.63. The van der Waals surface area contributed by atoms with Crippen LogP contribution in [0.5, 0.6) is 0 Å². The Morgan fingerprint density at radius 1 is 0.556 bits per heavy atom. The van der Waals surface area contributed by atoms with Crippen molar-refractivity contribution in [1.82, 2.24) is 0 Å². The van der Waals surface area contributed by atoms with Crippen LogP contribution >= 0.6 is 0 Å². The first-order valence-electron chi connectivity index (χ1n) is 3.22. The molecule has 16 N–H and O–H groups in total. The minimum atomic E-state index is 0. The van der Waals surface area contributed by atoms with Gasteiger partial charge in [-0.25, -0.2) is 0 Å². The maximum atomic E-state index is 3.69. The summed E-state index contributed by atoms with van der Waals surface area (Å²) in [7, 11) is 0. The van der Waals surface area contributed by atoms with E-state index in [0.29, 0.717) is 0 Å². The van der Waals surface area contributed by atoms with Crippen molar-refractivity contribution >= 4 is 12.2 Å². The van der Waals surface area contributed by atoms with E-state index in [1.807, 2.05) is 36.4 Å². The minimum absolute atomic E-state index is 0. The van der Waals surface area contributed by atoms with Gasteiger partial charge in [-0.1, -0.05) is 49.6 Å². The second-order valence-corrected chi connectivity index (χ2v) is 2.04. The van der Waals surface area contributed by atoms with E-state index in [4.69, 9.17) is 0 Å². The summed E-state index contributed by atoms with van der Waals surface area (Å²) in [6.07, 6.45) is 3.66. The van der Waals surface area contributed by atoms with E-state index < -0.39 is 0 Å². The molecular formula is C10H26O8. The van der Waals surface area contributed by atoms with Gasteiger partial charge in [-0.15, -0.1) is 0 Å². The quantitative estimate of drug-likeness (QED) is 0.505. The van der Waals surface area contributed by atoms with Crippen LogP contribution in [0.4, 0.5) is 0 Å². The summed E-state index contributed by atoms with van der Waals surface area (Å²) in [5.41, 5.74) is 2.27. The van der Waals surface area contributed by atoms with Crippen LogP contribution in [0.3, 0.4) is 0 Å². The SMILES string of the molecule is C=Cc1ccccc1C=C.O.O.O.O.O.O.O.O.